The lowest BCUT2D eigenvalue weighted by atomic mass is 9.93. The minimum atomic E-state index is -0.623. The Labute approximate surface area is 158 Å². The molecule has 0 unspecified atom stereocenters. The molecule has 0 radical (unpaired) electrons. The fourth-order valence-corrected chi connectivity index (χ4v) is 4.67. The second kappa shape index (κ2) is 7.84. The van der Waals surface area contributed by atoms with Gasteiger partial charge in [0.1, 0.15) is 25.0 Å². The van der Waals surface area contributed by atoms with E-state index in [9.17, 15) is 14.4 Å². The molecule has 1 aromatic rings. The summed E-state index contributed by atoms with van der Waals surface area (Å²) in [7, 11) is 0. The van der Waals surface area contributed by atoms with Crippen LogP contribution in [0.15, 0.2) is 23.0 Å². The summed E-state index contributed by atoms with van der Waals surface area (Å²) < 4.78 is 10.5. The maximum Gasteiger partial charge on any atom is 0.255 e. The second-order valence-electron chi connectivity index (χ2n) is 7.86. The predicted molar refractivity (Wildman–Crippen MR) is 96.0 cm³/mol. The first-order valence-electron chi connectivity index (χ1n) is 9.91. The van der Waals surface area contributed by atoms with Crippen LogP contribution in [0.4, 0.5) is 0 Å². The number of nitrogens with one attached hydrogen (secondary N) is 1. The number of carbonyl (C=O) groups excluding carboxylic acids is 3. The normalized spacial score (nSPS) is 26.8. The fraction of sp³-hybridized carbons (Fsp3) is 0.650. The number of likely N-dealkylation sites (tertiary alicyclic amines) is 1. The van der Waals surface area contributed by atoms with Gasteiger partial charge in [-0.05, 0) is 31.2 Å². The van der Waals surface area contributed by atoms with Crippen LogP contribution in [0, 0.1) is 5.92 Å². The number of amides is 2. The number of nitrogens with zero attached hydrogens (tertiary/aromatic N) is 1. The van der Waals surface area contributed by atoms with Gasteiger partial charge >= 0.3 is 0 Å². The lowest BCUT2D eigenvalue weighted by Crippen LogP contribution is -2.58. The molecule has 1 N–H and O–H groups in total. The van der Waals surface area contributed by atoms with Crippen molar-refractivity contribution in [2.24, 2.45) is 5.92 Å². The third-order valence-electron chi connectivity index (χ3n) is 6.06. The first-order valence-corrected chi connectivity index (χ1v) is 9.91. The number of piperidine rings is 1. The first-order chi connectivity index (χ1) is 13.1. The van der Waals surface area contributed by atoms with E-state index in [1.807, 2.05) is 0 Å². The van der Waals surface area contributed by atoms with Crippen LogP contribution in [0.3, 0.4) is 0 Å². The van der Waals surface area contributed by atoms with Crippen molar-refractivity contribution in [2.75, 3.05) is 13.2 Å². The summed E-state index contributed by atoms with van der Waals surface area (Å²) in [5.41, 5.74) is 0.399. The van der Waals surface area contributed by atoms with Crippen molar-refractivity contribution in [3.8, 4) is 0 Å². The van der Waals surface area contributed by atoms with E-state index in [4.69, 9.17) is 9.15 Å². The fourth-order valence-electron chi connectivity index (χ4n) is 4.67. The highest BCUT2D eigenvalue weighted by atomic mass is 16.5. The van der Waals surface area contributed by atoms with Crippen molar-refractivity contribution in [3.05, 3.63) is 24.2 Å². The third kappa shape index (κ3) is 3.78. The molecular formula is C20H26N2O5. The van der Waals surface area contributed by atoms with Crippen molar-refractivity contribution < 1.29 is 23.5 Å². The third-order valence-corrected chi connectivity index (χ3v) is 6.06. The van der Waals surface area contributed by atoms with Gasteiger partial charge in [0.25, 0.3) is 5.91 Å². The lowest BCUT2D eigenvalue weighted by molar-refractivity contribution is -0.142. The molecule has 1 saturated carbocycles. The minimum Gasteiger partial charge on any atom is -0.472 e. The molecule has 27 heavy (non-hydrogen) atoms. The number of carbonyl (C=O) groups is 3. The summed E-state index contributed by atoms with van der Waals surface area (Å²) in [6.45, 7) is 0.617. The number of rotatable bonds is 5. The van der Waals surface area contributed by atoms with E-state index in [1.165, 1.54) is 25.4 Å². The molecule has 3 aliphatic rings. The molecular weight excluding hydrogens is 348 g/mol. The highest BCUT2D eigenvalue weighted by Gasteiger charge is 2.46. The van der Waals surface area contributed by atoms with Gasteiger partial charge in [0, 0.05) is 6.54 Å². The van der Waals surface area contributed by atoms with Crippen LogP contribution in [0.2, 0.25) is 0 Å². The summed E-state index contributed by atoms with van der Waals surface area (Å²) in [6.07, 6.45) is 9.34. The van der Waals surface area contributed by atoms with Crippen molar-refractivity contribution in [1.82, 2.24) is 10.2 Å². The number of furan rings is 1. The average Bonchev–Trinajstić information content (AvgIpc) is 3.43. The topological polar surface area (TPSA) is 88.9 Å². The molecule has 4 rings (SSSR count). The van der Waals surface area contributed by atoms with Crippen LogP contribution in [0.25, 0.3) is 0 Å². The van der Waals surface area contributed by atoms with Gasteiger partial charge in [-0.1, -0.05) is 25.7 Å². The second-order valence-corrected chi connectivity index (χ2v) is 7.86. The Hall–Kier alpha value is -2.15. The largest absolute Gasteiger partial charge is 0.472 e. The molecule has 0 aromatic carbocycles. The standard InChI is InChI=1S/C20H26N2O5/c23-16-12-27-17-6-3-8-22(18(16)17)20(25)15(10-13-4-1-2-5-13)21-19(24)14-7-9-26-11-14/h7,9,11,13,15,17-18H,1-6,8,10,12H2,(H,21,24)/t15-,17-,18-/m0/s1. The molecule has 3 atom stereocenters. The van der Waals surface area contributed by atoms with Gasteiger partial charge in [0.05, 0.1) is 17.9 Å². The van der Waals surface area contributed by atoms with Crippen molar-refractivity contribution >= 4 is 17.6 Å². The van der Waals surface area contributed by atoms with Crippen LogP contribution in [-0.4, -0.2) is 53.8 Å². The summed E-state index contributed by atoms with van der Waals surface area (Å²) in [4.78, 5) is 39.8. The van der Waals surface area contributed by atoms with Crippen molar-refractivity contribution in [1.29, 1.82) is 0 Å². The number of fused-ring (bicyclic) bond motifs is 1. The quantitative estimate of drug-likeness (QED) is 0.851. The van der Waals surface area contributed by atoms with Gasteiger partial charge in [-0.15, -0.1) is 0 Å². The molecule has 1 aromatic heterocycles. The number of Topliss-reactive ketones (excluding diaryl/α,β-unsaturated/α-hetero) is 1. The smallest absolute Gasteiger partial charge is 0.255 e. The monoisotopic (exact) mass is 374 g/mol. The molecule has 7 heteroatoms. The van der Waals surface area contributed by atoms with E-state index in [0.717, 1.165) is 25.7 Å². The van der Waals surface area contributed by atoms with Crippen molar-refractivity contribution in [2.45, 2.75) is 63.1 Å². The number of ketones is 1. The van der Waals surface area contributed by atoms with E-state index in [0.29, 0.717) is 24.4 Å². The van der Waals surface area contributed by atoms with E-state index < -0.39 is 12.1 Å². The highest BCUT2D eigenvalue weighted by Crippen LogP contribution is 2.31. The van der Waals surface area contributed by atoms with Gasteiger partial charge in [-0.3, -0.25) is 14.4 Å². The van der Waals surface area contributed by atoms with Crippen LogP contribution in [0.5, 0.6) is 0 Å². The zero-order chi connectivity index (χ0) is 18.8. The van der Waals surface area contributed by atoms with Gasteiger partial charge < -0.3 is 19.4 Å². The number of ether oxygens (including phenoxy) is 1. The van der Waals surface area contributed by atoms with Crippen LogP contribution in [0.1, 0.15) is 55.3 Å². The van der Waals surface area contributed by atoms with Crippen LogP contribution >= 0.6 is 0 Å². The van der Waals surface area contributed by atoms with Crippen LogP contribution < -0.4 is 5.32 Å². The zero-order valence-corrected chi connectivity index (χ0v) is 15.4. The summed E-state index contributed by atoms with van der Waals surface area (Å²) in [5, 5.41) is 2.90. The summed E-state index contributed by atoms with van der Waals surface area (Å²) >= 11 is 0. The summed E-state index contributed by atoms with van der Waals surface area (Å²) in [6, 6.07) is 0.461. The number of hydrogen-bond acceptors (Lipinski definition) is 5. The van der Waals surface area contributed by atoms with E-state index in [-0.39, 0.29) is 30.3 Å². The molecule has 2 amide bonds. The summed E-state index contributed by atoms with van der Waals surface area (Å²) in [5.74, 6) is -0.0801. The average molecular weight is 374 g/mol. The van der Waals surface area contributed by atoms with Gasteiger partial charge in [0.15, 0.2) is 5.78 Å². The first kappa shape index (κ1) is 18.2. The Morgan fingerprint density at radius 2 is 2.04 bits per heavy atom. The minimum absolute atomic E-state index is 0.0335. The van der Waals surface area contributed by atoms with Crippen LogP contribution in [-0.2, 0) is 14.3 Å². The molecule has 0 spiro atoms. The molecule has 3 fully saturated rings. The Morgan fingerprint density at radius 1 is 1.22 bits per heavy atom. The van der Waals surface area contributed by atoms with E-state index in [2.05, 4.69) is 5.32 Å². The molecule has 146 valence electrons. The molecule has 2 saturated heterocycles. The van der Waals surface area contributed by atoms with E-state index >= 15 is 0 Å². The van der Waals surface area contributed by atoms with Crippen molar-refractivity contribution in [3.63, 3.8) is 0 Å². The molecule has 7 nitrogen and oxygen atoms in total. The predicted octanol–water partition coefficient (Wildman–Crippen LogP) is 1.92. The Kier molecular flexibility index (Phi) is 5.29. The maximum atomic E-state index is 13.4. The Balaban J connectivity index is 1.52. The Bertz CT molecular complexity index is 695. The van der Waals surface area contributed by atoms with Gasteiger partial charge in [0.2, 0.25) is 5.91 Å². The van der Waals surface area contributed by atoms with E-state index in [1.54, 1.807) is 11.0 Å². The Morgan fingerprint density at radius 3 is 2.78 bits per heavy atom. The van der Waals surface area contributed by atoms with Gasteiger partial charge in [-0.25, -0.2) is 0 Å². The zero-order valence-electron chi connectivity index (χ0n) is 15.4. The molecule has 1 aliphatic carbocycles. The molecule has 3 heterocycles. The number of hydrogen-bond donors (Lipinski definition) is 1. The molecule has 2 aliphatic heterocycles. The van der Waals surface area contributed by atoms with Gasteiger partial charge in [-0.2, -0.15) is 0 Å². The highest BCUT2D eigenvalue weighted by molar-refractivity contribution is 5.98. The molecule has 0 bridgehead atoms. The lowest BCUT2D eigenvalue weighted by Gasteiger charge is -2.38. The SMILES string of the molecule is O=C(N[C@@H](CC1CCCC1)C(=O)N1CCC[C@@H]2OCC(=O)[C@@H]21)c1ccoc1. The maximum absolute atomic E-state index is 13.4.